The van der Waals surface area contributed by atoms with Gasteiger partial charge in [0.2, 0.25) is 0 Å². The van der Waals surface area contributed by atoms with Gasteiger partial charge in [0.05, 0.1) is 5.52 Å². The molecule has 1 aliphatic rings. The summed E-state index contributed by atoms with van der Waals surface area (Å²) in [7, 11) is 0. The number of benzene rings is 2. The van der Waals surface area contributed by atoms with Crippen molar-refractivity contribution < 1.29 is 14.3 Å². The molecule has 0 saturated carbocycles. The highest BCUT2D eigenvalue weighted by molar-refractivity contribution is 6.08. The molecule has 4 rings (SSSR count). The van der Waals surface area contributed by atoms with Crippen LogP contribution in [0.25, 0.3) is 16.5 Å². The molecule has 25 heavy (non-hydrogen) atoms. The van der Waals surface area contributed by atoms with Crippen molar-refractivity contribution in [3.8, 4) is 0 Å². The fraction of sp³-hybridized carbons (Fsp3) is 0.190. The Kier molecular flexibility index (Phi) is 3.90. The number of carbonyl (C=O) groups is 1. The van der Waals surface area contributed by atoms with Crippen LogP contribution in [0.2, 0.25) is 0 Å². The van der Waals surface area contributed by atoms with Gasteiger partial charge in [-0.15, -0.1) is 0 Å². The van der Waals surface area contributed by atoms with Gasteiger partial charge in [-0.1, -0.05) is 55.1 Å². The first-order chi connectivity index (χ1) is 12.2. The fourth-order valence-corrected chi connectivity index (χ4v) is 3.42. The van der Waals surface area contributed by atoms with E-state index in [9.17, 15) is 4.79 Å². The van der Waals surface area contributed by atoms with E-state index in [0.717, 1.165) is 27.6 Å². The van der Waals surface area contributed by atoms with Crippen molar-refractivity contribution in [3.05, 3.63) is 78.0 Å². The second-order valence-electron chi connectivity index (χ2n) is 6.01. The Hall–Kier alpha value is -2.85. The number of cyclic esters (lactones) is 1. The van der Waals surface area contributed by atoms with Gasteiger partial charge in [0, 0.05) is 23.1 Å². The van der Waals surface area contributed by atoms with Crippen molar-refractivity contribution >= 4 is 22.4 Å². The number of para-hydroxylation sites is 1. The molecule has 0 radical (unpaired) electrons. The van der Waals surface area contributed by atoms with Crippen molar-refractivity contribution in [3.63, 3.8) is 0 Å². The van der Waals surface area contributed by atoms with Crippen molar-refractivity contribution in [1.29, 1.82) is 0 Å². The van der Waals surface area contributed by atoms with Gasteiger partial charge < -0.3 is 14.0 Å². The maximum absolute atomic E-state index is 12.8. The minimum atomic E-state index is -0.465. The Labute approximate surface area is 146 Å². The van der Waals surface area contributed by atoms with Gasteiger partial charge in [-0.2, -0.15) is 0 Å². The quantitative estimate of drug-likeness (QED) is 0.657. The van der Waals surface area contributed by atoms with Crippen LogP contribution in [0, 0.1) is 0 Å². The highest BCUT2D eigenvalue weighted by Crippen LogP contribution is 2.43. The molecule has 1 aromatic heterocycles. The number of carbonyl (C=O) groups excluding carboxylic acids is 1. The predicted octanol–water partition coefficient (Wildman–Crippen LogP) is 4.56. The summed E-state index contributed by atoms with van der Waals surface area (Å²) in [5.74, 6) is -0.341. The normalized spacial score (nSPS) is 16.8. The maximum atomic E-state index is 12.8. The minimum absolute atomic E-state index is 0.310. The van der Waals surface area contributed by atoms with Gasteiger partial charge in [0.1, 0.15) is 12.4 Å². The summed E-state index contributed by atoms with van der Waals surface area (Å²) in [6.07, 6.45) is -0.465. The molecule has 1 unspecified atom stereocenters. The molecule has 0 fully saturated rings. The molecular formula is C21H19NO3. The van der Waals surface area contributed by atoms with Crippen LogP contribution >= 0.6 is 0 Å². The molecule has 0 N–H and O–H groups in total. The van der Waals surface area contributed by atoms with Crippen LogP contribution < -0.4 is 0 Å². The molecule has 0 saturated heterocycles. The predicted molar refractivity (Wildman–Crippen MR) is 97.2 cm³/mol. The standard InChI is InChI=1S/C21H19NO3/c1-3-24-13-22-17-12-8-7-11-16(17)18-14(2)20(25-21(23)19(18)22)15-9-5-4-6-10-15/h4-12,20H,2-3,13H2,1H3. The summed E-state index contributed by atoms with van der Waals surface area (Å²) in [6, 6.07) is 17.6. The van der Waals surface area contributed by atoms with Crippen LogP contribution in [0.1, 0.15) is 34.6 Å². The third-order valence-corrected chi connectivity index (χ3v) is 4.55. The lowest BCUT2D eigenvalue weighted by Gasteiger charge is -2.26. The highest BCUT2D eigenvalue weighted by atomic mass is 16.5. The Balaban J connectivity index is 1.91. The summed E-state index contributed by atoms with van der Waals surface area (Å²) in [5, 5.41) is 1.000. The van der Waals surface area contributed by atoms with Crippen LogP contribution in [0.4, 0.5) is 0 Å². The third kappa shape index (κ3) is 2.46. The lowest BCUT2D eigenvalue weighted by atomic mass is 9.92. The number of hydrogen-bond donors (Lipinski definition) is 0. The Morgan fingerprint density at radius 3 is 2.60 bits per heavy atom. The van der Waals surface area contributed by atoms with E-state index in [2.05, 4.69) is 6.58 Å². The van der Waals surface area contributed by atoms with Gasteiger partial charge in [-0.25, -0.2) is 4.79 Å². The number of nitrogens with zero attached hydrogens (tertiary/aromatic N) is 1. The molecular weight excluding hydrogens is 314 g/mol. The lowest BCUT2D eigenvalue weighted by molar-refractivity contribution is 0.0345. The first kappa shape index (κ1) is 15.7. The van der Waals surface area contributed by atoms with Crippen LogP contribution in [-0.2, 0) is 16.2 Å². The third-order valence-electron chi connectivity index (χ3n) is 4.55. The maximum Gasteiger partial charge on any atom is 0.356 e. The Bertz CT molecular complexity index is 956. The molecule has 2 heterocycles. The monoisotopic (exact) mass is 333 g/mol. The number of hydrogen-bond acceptors (Lipinski definition) is 3. The van der Waals surface area contributed by atoms with E-state index in [1.807, 2.05) is 66.1 Å². The summed E-state index contributed by atoms with van der Waals surface area (Å²) < 4.78 is 13.2. The Morgan fingerprint density at radius 2 is 1.84 bits per heavy atom. The number of esters is 1. The number of fused-ring (bicyclic) bond motifs is 3. The van der Waals surface area contributed by atoms with E-state index in [1.54, 1.807) is 0 Å². The zero-order valence-electron chi connectivity index (χ0n) is 14.1. The molecule has 4 nitrogen and oxygen atoms in total. The molecule has 4 heteroatoms. The fourth-order valence-electron chi connectivity index (χ4n) is 3.42. The SMILES string of the molecule is C=C1c2c(n(COCC)c3ccccc23)C(=O)OC1c1ccccc1. The topological polar surface area (TPSA) is 40.5 Å². The second-order valence-corrected chi connectivity index (χ2v) is 6.01. The average molecular weight is 333 g/mol. The summed E-state index contributed by atoms with van der Waals surface area (Å²) >= 11 is 0. The van der Waals surface area contributed by atoms with E-state index >= 15 is 0 Å². The second kappa shape index (κ2) is 6.22. The van der Waals surface area contributed by atoms with Gasteiger partial charge in [0.15, 0.2) is 6.10 Å². The molecule has 126 valence electrons. The smallest absolute Gasteiger partial charge is 0.356 e. The molecule has 2 aromatic carbocycles. The molecule has 1 atom stereocenters. The van der Waals surface area contributed by atoms with Gasteiger partial charge in [-0.05, 0) is 18.6 Å². The first-order valence-electron chi connectivity index (χ1n) is 8.36. The van der Waals surface area contributed by atoms with E-state index < -0.39 is 6.10 Å². The molecule has 0 amide bonds. The van der Waals surface area contributed by atoms with Crippen molar-refractivity contribution in [2.24, 2.45) is 0 Å². The van der Waals surface area contributed by atoms with E-state index in [-0.39, 0.29) is 5.97 Å². The summed E-state index contributed by atoms with van der Waals surface area (Å²) in [6.45, 7) is 7.08. The summed E-state index contributed by atoms with van der Waals surface area (Å²) in [4.78, 5) is 12.8. The number of aromatic nitrogens is 1. The van der Waals surface area contributed by atoms with Crippen molar-refractivity contribution in [2.75, 3.05) is 6.61 Å². The minimum Gasteiger partial charge on any atom is -0.448 e. The molecule has 3 aromatic rings. The van der Waals surface area contributed by atoms with E-state index in [4.69, 9.17) is 9.47 Å². The lowest BCUT2D eigenvalue weighted by Crippen LogP contribution is -2.23. The van der Waals surface area contributed by atoms with Crippen LogP contribution in [-0.4, -0.2) is 17.1 Å². The molecule has 0 aliphatic carbocycles. The number of ether oxygens (including phenoxy) is 2. The van der Waals surface area contributed by atoms with Crippen LogP contribution in [0.3, 0.4) is 0 Å². The summed E-state index contributed by atoms with van der Waals surface area (Å²) in [5.41, 5.74) is 4.06. The van der Waals surface area contributed by atoms with Crippen molar-refractivity contribution in [2.45, 2.75) is 19.8 Å². The zero-order valence-corrected chi connectivity index (χ0v) is 14.1. The van der Waals surface area contributed by atoms with Gasteiger partial charge in [-0.3, -0.25) is 0 Å². The van der Waals surface area contributed by atoms with E-state index in [1.165, 1.54) is 0 Å². The zero-order chi connectivity index (χ0) is 17.4. The van der Waals surface area contributed by atoms with Crippen molar-refractivity contribution in [1.82, 2.24) is 4.57 Å². The highest BCUT2D eigenvalue weighted by Gasteiger charge is 2.36. The number of rotatable bonds is 4. The van der Waals surface area contributed by atoms with Gasteiger partial charge in [0.25, 0.3) is 0 Å². The average Bonchev–Trinajstić information content (AvgIpc) is 2.99. The molecule has 0 bridgehead atoms. The largest absolute Gasteiger partial charge is 0.448 e. The van der Waals surface area contributed by atoms with Gasteiger partial charge >= 0.3 is 5.97 Å². The van der Waals surface area contributed by atoms with Crippen LogP contribution in [0.15, 0.2) is 61.2 Å². The van der Waals surface area contributed by atoms with E-state index in [0.29, 0.717) is 19.0 Å². The molecule has 1 aliphatic heterocycles. The van der Waals surface area contributed by atoms with Crippen LogP contribution in [0.5, 0.6) is 0 Å². The first-order valence-corrected chi connectivity index (χ1v) is 8.36. The Morgan fingerprint density at radius 1 is 1.12 bits per heavy atom. The molecule has 0 spiro atoms.